The minimum Gasteiger partial charge on any atom is -0.439 e. The summed E-state index contributed by atoms with van der Waals surface area (Å²) in [5.74, 6) is 0. The number of carbonyl (C=O) groups excluding carboxylic acids is 1. The molecule has 0 heterocycles. The van der Waals surface area contributed by atoms with Gasteiger partial charge in [-0.25, -0.2) is 4.79 Å². The van der Waals surface area contributed by atoms with Gasteiger partial charge in [-0.3, -0.25) is 0 Å². The first kappa shape index (κ1) is 10.8. The Kier molecular flexibility index (Phi) is 3.73. The molecule has 0 bridgehead atoms. The Morgan fingerprint density at radius 1 is 1.50 bits per heavy atom. The summed E-state index contributed by atoms with van der Waals surface area (Å²) in [7, 11) is 0. The van der Waals surface area contributed by atoms with Gasteiger partial charge in [0.25, 0.3) is 0 Å². The fourth-order valence-electron chi connectivity index (χ4n) is 1.03. The third-order valence-corrected chi connectivity index (χ3v) is 1.92. The maximum Gasteiger partial charge on any atom is 0.405 e. The highest BCUT2D eigenvalue weighted by Crippen LogP contribution is 2.19. The number of ether oxygens (including phenoxy) is 1. The van der Waals surface area contributed by atoms with Crippen molar-refractivity contribution in [3.05, 3.63) is 34.9 Å². The lowest BCUT2D eigenvalue weighted by Crippen LogP contribution is -2.19. The van der Waals surface area contributed by atoms with Gasteiger partial charge in [-0.15, -0.1) is 0 Å². The molecule has 4 nitrogen and oxygen atoms in total. The molecule has 5 heteroatoms. The van der Waals surface area contributed by atoms with Gasteiger partial charge < -0.3 is 15.6 Å². The van der Waals surface area contributed by atoms with Crippen molar-refractivity contribution >= 4 is 17.7 Å². The van der Waals surface area contributed by atoms with Gasteiger partial charge >= 0.3 is 6.09 Å². The predicted molar refractivity (Wildman–Crippen MR) is 51.9 cm³/mol. The second-order valence-electron chi connectivity index (χ2n) is 2.66. The summed E-state index contributed by atoms with van der Waals surface area (Å²) in [6.45, 7) is -0.315. The van der Waals surface area contributed by atoms with Crippen molar-refractivity contribution in [1.82, 2.24) is 0 Å². The maximum atomic E-state index is 10.5. The molecule has 0 spiro atoms. The van der Waals surface area contributed by atoms with Crippen LogP contribution in [0.15, 0.2) is 24.3 Å². The molecule has 1 aromatic carbocycles. The summed E-state index contributed by atoms with van der Waals surface area (Å²) >= 11 is 5.67. The molecule has 0 unspecified atom stereocenters. The zero-order chi connectivity index (χ0) is 10.6. The zero-order valence-electron chi connectivity index (χ0n) is 7.31. The van der Waals surface area contributed by atoms with Crippen LogP contribution in [0.1, 0.15) is 11.7 Å². The Bertz CT molecular complexity index is 312. The molecule has 0 aliphatic rings. The van der Waals surface area contributed by atoms with E-state index in [9.17, 15) is 4.79 Å². The molecule has 0 radical (unpaired) electrons. The van der Waals surface area contributed by atoms with Gasteiger partial charge in [-0.1, -0.05) is 23.7 Å². The van der Waals surface area contributed by atoms with Crippen molar-refractivity contribution in [1.29, 1.82) is 0 Å². The van der Waals surface area contributed by atoms with Gasteiger partial charge in [-0.05, 0) is 17.7 Å². The van der Waals surface area contributed by atoms with Gasteiger partial charge in [-0.2, -0.15) is 0 Å². The third-order valence-electron chi connectivity index (χ3n) is 1.67. The molecular weight excluding hydrogens is 206 g/mol. The molecular formula is C9H10ClNO3. The smallest absolute Gasteiger partial charge is 0.405 e. The Labute approximate surface area is 86.2 Å². The van der Waals surface area contributed by atoms with Crippen LogP contribution in [0.4, 0.5) is 4.79 Å². The largest absolute Gasteiger partial charge is 0.439 e. The molecule has 0 aromatic heterocycles. The quantitative estimate of drug-likeness (QED) is 0.802. The maximum absolute atomic E-state index is 10.5. The van der Waals surface area contributed by atoms with E-state index in [1.807, 2.05) is 0 Å². The lowest BCUT2D eigenvalue weighted by atomic mass is 10.1. The average molecular weight is 216 g/mol. The SMILES string of the molecule is NC(=O)O[C@H](CO)c1ccc(Cl)cc1. The Balaban J connectivity index is 2.78. The first-order valence-electron chi connectivity index (χ1n) is 3.96. The number of carbonyl (C=O) groups is 1. The summed E-state index contributed by atoms with van der Waals surface area (Å²) in [5.41, 5.74) is 5.49. The summed E-state index contributed by atoms with van der Waals surface area (Å²) in [6, 6.07) is 6.60. The molecule has 1 aromatic rings. The first-order valence-corrected chi connectivity index (χ1v) is 4.33. The highest BCUT2D eigenvalue weighted by Gasteiger charge is 2.13. The summed E-state index contributed by atoms with van der Waals surface area (Å²) in [5, 5.41) is 9.51. The number of aliphatic hydroxyl groups is 1. The van der Waals surface area contributed by atoms with Gasteiger partial charge in [0.15, 0.2) is 6.10 Å². The van der Waals surface area contributed by atoms with Crippen molar-refractivity contribution < 1.29 is 14.6 Å². The van der Waals surface area contributed by atoms with Crippen LogP contribution in [0.25, 0.3) is 0 Å². The number of halogens is 1. The van der Waals surface area contributed by atoms with Crippen LogP contribution in [0.2, 0.25) is 5.02 Å². The van der Waals surface area contributed by atoms with E-state index in [1.54, 1.807) is 24.3 Å². The fraction of sp³-hybridized carbons (Fsp3) is 0.222. The number of aliphatic hydroxyl groups excluding tert-OH is 1. The van der Waals surface area contributed by atoms with Crippen LogP contribution in [0.3, 0.4) is 0 Å². The van der Waals surface area contributed by atoms with E-state index in [2.05, 4.69) is 4.74 Å². The molecule has 76 valence electrons. The molecule has 14 heavy (non-hydrogen) atoms. The highest BCUT2D eigenvalue weighted by molar-refractivity contribution is 6.30. The number of nitrogens with two attached hydrogens (primary N) is 1. The Morgan fingerprint density at radius 2 is 2.07 bits per heavy atom. The summed E-state index contributed by atoms with van der Waals surface area (Å²) in [6.07, 6.45) is -1.65. The monoisotopic (exact) mass is 215 g/mol. The van der Waals surface area contributed by atoms with E-state index in [0.717, 1.165) is 0 Å². The van der Waals surface area contributed by atoms with Crippen LogP contribution >= 0.6 is 11.6 Å². The number of hydrogen-bond acceptors (Lipinski definition) is 3. The topological polar surface area (TPSA) is 72.6 Å². The molecule has 1 atom stereocenters. The number of amides is 1. The summed E-state index contributed by atoms with van der Waals surface area (Å²) in [4.78, 5) is 10.5. The Morgan fingerprint density at radius 3 is 2.50 bits per heavy atom. The molecule has 0 fully saturated rings. The lowest BCUT2D eigenvalue weighted by molar-refractivity contribution is 0.0633. The normalized spacial score (nSPS) is 12.1. The number of benzene rings is 1. The average Bonchev–Trinajstić information content (AvgIpc) is 2.15. The van der Waals surface area contributed by atoms with Crippen LogP contribution in [0.5, 0.6) is 0 Å². The zero-order valence-corrected chi connectivity index (χ0v) is 8.07. The second-order valence-corrected chi connectivity index (χ2v) is 3.10. The second kappa shape index (κ2) is 4.83. The van der Waals surface area contributed by atoms with Crippen molar-refractivity contribution in [2.45, 2.75) is 6.10 Å². The molecule has 3 N–H and O–H groups in total. The minimum atomic E-state index is -0.918. The van der Waals surface area contributed by atoms with Crippen molar-refractivity contribution in [3.8, 4) is 0 Å². The molecule has 1 amide bonds. The van der Waals surface area contributed by atoms with E-state index in [-0.39, 0.29) is 6.61 Å². The number of rotatable bonds is 3. The van der Waals surface area contributed by atoms with Crippen LogP contribution in [0, 0.1) is 0 Å². The van der Waals surface area contributed by atoms with Gasteiger partial charge in [0, 0.05) is 5.02 Å². The molecule has 0 aliphatic heterocycles. The highest BCUT2D eigenvalue weighted by atomic mass is 35.5. The van der Waals surface area contributed by atoms with Crippen molar-refractivity contribution in [2.24, 2.45) is 5.73 Å². The van der Waals surface area contributed by atoms with Gasteiger partial charge in [0.05, 0.1) is 6.61 Å². The van der Waals surface area contributed by atoms with E-state index in [1.165, 1.54) is 0 Å². The standard InChI is InChI=1S/C9H10ClNO3/c10-7-3-1-6(2-4-7)8(5-12)14-9(11)13/h1-4,8,12H,5H2,(H2,11,13)/t8-/m1/s1. The number of primary amides is 1. The molecule has 0 aliphatic carbocycles. The van der Waals surface area contributed by atoms with E-state index < -0.39 is 12.2 Å². The third kappa shape index (κ3) is 2.90. The van der Waals surface area contributed by atoms with Crippen molar-refractivity contribution in [2.75, 3.05) is 6.61 Å². The van der Waals surface area contributed by atoms with E-state index in [0.29, 0.717) is 10.6 Å². The minimum absolute atomic E-state index is 0.315. The van der Waals surface area contributed by atoms with E-state index >= 15 is 0 Å². The van der Waals surface area contributed by atoms with Crippen LogP contribution in [-0.4, -0.2) is 17.8 Å². The fourth-order valence-corrected chi connectivity index (χ4v) is 1.15. The van der Waals surface area contributed by atoms with Gasteiger partial charge in [0.1, 0.15) is 0 Å². The molecule has 0 saturated heterocycles. The van der Waals surface area contributed by atoms with Crippen LogP contribution in [-0.2, 0) is 4.74 Å². The lowest BCUT2D eigenvalue weighted by Gasteiger charge is -2.13. The number of hydrogen-bond donors (Lipinski definition) is 2. The summed E-state index contributed by atoms with van der Waals surface area (Å²) < 4.78 is 4.67. The van der Waals surface area contributed by atoms with Crippen molar-refractivity contribution in [3.63, 3.8) is 0 Å². The van der Waals surface area contributed by atoms with Gasteiger partial charge in [0.2, 0.25) is 0 Å². The Hall–Kier alpha value is -1.26. The van der Waals surface area contributed by atoms with Crippen LogP contribution < -0.4 is 5.73 Å². The predicted octanol–water partition coefficient (Wildman–Crippen LogP) is 1.47. The van der Waals surface area contributed by atoms with E-state index in [4.69, 9.17) is 22.4 Å². The molecule has 0 saturated carbocycles. The molecule has 1 rings (SSSR count). The first-order chi connectivity index (χ1) is 6.63.